The van der Waals surface area contributed by atoms with E-state index in [0.717, 1.165) is 37.1 Å². The lowest BCUT2D eigenvalue weighted by Gasteiger charge is -2.32. The number of ketones is 1. The van der Waals surface area contributed by atoms with Crippen molar-refractivity contribution in [2.45, 2.75) is 51.4 Å². The van der Waals surface area contributed by atoms with E-state index in [9.17, 15) is 4.79 Å². The van der Waals surface area contributed by atoms with Crippen molar-refractivity contribution < 1.29 is 4.79 Å². The van der Waals surface area contributed by atoms with Gasteiger partial charge >= 0.3 is 0 Å². The number of likely N-dealkylation sites (tertiary alicyclic amines) is 1. The maximum atomic E-state index is 12.8. The number of Topliss-reactive ketones (excluding diaryl/α,β-unsaturated/α-hetero) is 1. The summed E-state index contributed by atoms with van der Waals surface area (Å²) in [5.41, 5.74) is 4.45. The Kier molecular flexibility index (Phi) is 5.42. The zero-order valence-electron chi connectivity index (χ0n) is 15.8. The number of piperidine rings is 2. The van der Waals surface area contributed by atoms with Gasteiger partial charge in [0.1, 0.15) is 0 Å². The lowest BCUT2D eigenvalue weighted by atomic mass is 9.94. The molecular formula is C23H30N2O. The van der Waals surface area contributed by atoms with Crippen molar-refractivity contribution in [1.82, 2.24) is 4.90 Å². The van der Waals surface area contributed by atoms with Gasteiger partial charge < -0.3 is 9.80 Å². The van der Waals surface area contributed by atoms with Crippen LogP contribution in [0, 0.1) is 0 Å². The summed E-state index contributed by atoms with van der Waals surface area (Å²) < 4.78 is 0. The Labute approximate surface area is 157 Å². The predicted molar refractivity (Wildman–Crippen MR) is 108 cm³/mol. The highest BCUT2D eigenvalue weighted by Gasteiger charge is 2.20. The van der Waals surface area contributed by atoms with Crippen LogP contribution in [0.4, 0.5) is 5.69 Å². The summed E-state index contributed by atoms with van der Waals surface area (Å²) in [5.74, 6) is 0.198. The largest absolute Gasteiger partial charge is 0.375 e. The topological polar surface area (TPSA) is 23.6 Å². The average Bonchev–Trinajstić information content (AvgIpc) is 2.75. The standard InChI is InChI=1S/C23H30N2O/c26-23(19-7-11-21(12-8-19)24-15-3-1-4-16-24)20-9-13-22(14-10-20)25-17-5-2-6-18-25/h7-9,11-13H,1-6,10,14-18H2. The summed E-state index contributed by atoms with van der Waals surface area (Å²) in [5, 5.41) is 0. The Morgan fingerprint density at radius 3 is 1.88 bits per heavy atom. The van der Waals surface area contributed by atoms with E-state index in [2.05, 4.69) is 34.1 Å². The van der Waals surface area contributed by atoms with Gasteiger partial charge in [-0.1, -0.05) is 6.08 Å². The zero-order valence-corrected chi connectivity index (χ0v) is 15.8. The highest BCUT2D eigenvalue weighted by molar-refractivity contribution is 6.09. The minimum Gasteiger partial charge on any atom is -0.375 e. The van der Waals surface area contributed by atoms with Gasteiger partial charge in [0.25, 0.3) is 0 Å². The van der Waals surface area contributed by atoms with Gasteiger partial charge in [0.2, 0.25) is 0 Å². The van der Waals surface area contributed by atoms with Gasteiger partial charge in [-0.25, -0.2) is 0 Å². The van der Waals surface area contributed by atoms with Crippen molar-refractivity contribution in [3.8, 4) is 0 Å². The third-order valence-electron chi connectivity index (χ3n) is 6.03. The molecule has 1 aromatic carbocycles. The van der Waals surface area contributed by atoms with Crippen LogP contribution in [-0.4, -0.2) is 36.9 Å². The Morgan fingerprint density at radius 2 is 1.31 bits per heavy atom. The number of carbonyl (C=O) groups excluding carboxylic acids is 1. The van der Waals surface area contributed by atoms with E-state index in [1.165, 1.54) is 63.0 Å². The van der Waals surface area contributed by atoms with Crippen molar-refractivity contribution in [3.05, 3.63) is 53.3 Å². The van der Waals surface area contributed by atoms with Crippen molar-refractivity contribution >= 4 is 11.5 Å². The first kappa shape index (κ1) is 17.4. The molecule has 0 atom stereocenters. The molecule has 0 radical (unpaired) electrons. The third-order valence-corrected chi connectivity index (χ3v) is 6.03. The predicted octanol–water partition coefficient (Wildman–Crippen LogP) is 4.95. The molecule has 3 heteroatoms. The summed E-state index contributed by atoms with van der Waals surface area (Å²) >= 11 is 0. The molecule has 0 amide bonds. The number of rotatable bonds is 4. The molecule has 2 aliphatic heterocycles. The molecule has 0 unspecified atom stereocenters. The summed E-state index contributed by atoms with van der Waals surface area (Å²) in [6.45, 7) is 4.65. The summed E-state index contributed by atoms with van der Waals surface area (Å²) in [6, 6.07) is 8.27. The molecule has 4 rings (SSSR count). The number of allylic oxidation sites excluding steroid dienone is 4. The fraction of sp³-hybridized carbons (Fsp3) is 0.522. The van der Waals surface area contributed by atoms with Gasteiger partial charge in [-0.05, 0) is 81.7 Å². The highest BCUT2D eigenvalue weighted by atomic mass is 16.1. The maximum Gasteiger partial charge on any atom is 0.189 e. The molecule has 0 N–H and O–H groups in total. The highest BCUT2D eigenvalue weighted by Crippen LogP contribution is 2.27. The quantitative estimate of drug-likeness (QED) is 0.718. The Morgan fingerprint density at radius 1 is 0.692 bits per heavy atom. The second-order valence-electron chi connectivity index (χ2n) is 7.82. The molecule has 0 aromatic heterocycles. The van der Waals surface area contributed by atoms with Gasteiger partial charge in [-0.2, -0.15) is 0 Å². The second-order valence-corrected chi connectivity index (χ2v) is 7.82. The Balaban J connectivity index is 1.42. The number of nitrogens with zero attached hydrogens (tertiary/aromatic N) is 2. The summed E-state index contributed by atoms with van der Waals surface area (Å²) in [4.78, 5) is 17.8. The van der Waals surface area contributed by atoms with Crippen LogP contribution in [0.25, 0.3) is 0 Å². The number of hydrogen-bond donors (Lipinski definition) is 0. The van der Waals surface area contributed by atoms with Crippen LogP contribution in [0.15, 0.2) is 47.7 Å². The minimum absolute atomic E-state index is 0.198. The summed E-state index contributed by atoms with van der Waals surface area (Å²) in [7, 11) is 0. The average molecular weight is 351 g/mol. The molecule has 26 heavy (non-hydrogen) atoms. The van der Waals surface area contributed by atoms with Crippen LogP contribution in [0.5, 0.6) is 0 Å². The van der Waals surface area contributed by atoms with Crippen LogP contribution in [0.3, 0.4) is 0 Å². The molecule has 0 spiro atoms. The van der Waals surface area contributed by atoms with E-state index in [1.807, 2.05) is 12.1 Å². The van der Waals surface area contributed by atoms with Crippen molar-refractivity contribution in [2.75, 3.05) is 31.1 Å². The van der Waals surface area contributed by atoms with Crippen LogP contribution < -0.4 is 4.90 Å². The van der Waals surface area contributed by atoms with Gasteiger partial charge in [0.15, 0.2) is 5.78 Å². The van der Waals surface area contributed by atoms with Gasteiger partial charge in [0, 0.05) is 48.7 Å². The van der Waals surface area contributed by atoms with E-state index in [-0.39, 0.29) is 5.78 Å². The van der Waals surface area contributed by atoms with Crippen LogP contribution in [-0.2, 0) is 0 Å². The molecule has 1 aliphatic carbocycles. The van der Waals surface area contributed by atoms with Crippen molar-refractivity contribution in [3.63, 3.8) is 0 Å². The van der Waals surface area contributed by atoms with Gasteiger partial charge in [-0.3, -0.25) is 4.79 Å². The molecular weight excluding hydrogens is 320 g/mol. The first-order valence-electron chi connectivity index (χ1n) is 10.4. The second kappa shape index (κ2) is 8.11. The van der Waals surface area contributed by atoms with Crippen molar-refractivity contribution in [1.29, 1.82) is 0 Å². The first-order chi connectivity index (χ1) is 12.8. The number of hydrogen-bond acceptors (Lipinski definition) is 3. The van der Waals surface area contributed by atoms with Crippen LogP contribution >= 0.6 is 0 Å². The molecule has 1 aromatic rings. The molecule has 2 saturated heterocycles. The lowest BCUT2D eigenvalue weighted by Crippen LogP contribution is -2.30. The van der Waals surface area contributed by atoms with Gasteiger partial charge in [0.05, 0.1) is 0 Å². The fourth-order valence-electron chi connectivity index (χ4n) is 4.42. The molecule has 2 heterocycles. The van der Waals surface area contributed by atoms with E-state index in [0.29, 0.717) is 0 Å². The molecule has 3 aliphatic rings. The zero-order chi connectivity index (χ0) is 17.8. The molecule has 3 nitrogen and oxygen atoms in total. The smallest absolute Gasteiger partial charge is 0.189 e. The SMILES string of the molecule is O=C(C1=CC=C(N2CCCCC2)CC1)c1ccc(N2CCCCC2)cc1. The van der Waals surface area contributed by atoms with Gasteiger partial charge in [-0.15, -0.1) is 0 Å². The first-order valence-corrected chi connectivity index (χ1v) is 10.4. The monoisotopic (exact) mass is 350 g/mol. The minimum atomic E-state index is 0.198. The Hall–Kier alpha value is -2.03. The third kappa shape index (κ3) is 3.87. The van der Waals surface area contributed by atoms with Crippen LogP contribution in [0.2, 0.25) is 0 Å². The van der Waals surface area contributed by atoms with Crippen molar-refractivity contribution in [2.24, 2.45) is 0 Å². The fourth-order valence-corrected chi connectivity index (χ4v) is 4.42. The summed E-state index contributed by atoms with van der Waals surface area (Å²) in [6.07, 6.45) is 14.0. The maximum absolute atomic E-state index is 12.8. The van der Waals surface area contributed by atoms with E-state index in [1.54, 1.807) is 0 Å². The molecule has 138 valence electrons. The lowest BCUT2D eigenvalue weighted by molar-refractivity contribution is 0.103. The molecule has 2 fully saturated rings. The number of anilines is 1. The molecule has 0 bridgehead atoms. The van der Waals surface area contributed by atoms with E-state index >= 15 is 0 Å². The number of carbonyl (C=O) groups is 1. The molecule has 0 saturated carbocycles. The van der Waals surface area contributed by atoms with E-state index in [4.69, 9.17) is 0 Å². The Bertz CT molecular complexity index is 689. The van der Waals surface area contributed by atoms with E-state index < -0.39 is 0 Å². The normalized spacial score (nSPS) is 21.2. The number of benzene rings is 1. The van der Waals surface area contributed by atoms with Crippen LogP contribution in [0.1, 0.15) is 61.7 Å².